The van der Waals surface area contributed by atoms with Gasteiger partial charge in [0.15, 0.2) is 6.61 Å². The molecule has 7 heteroatoms. The van der Waals surface area contributed by atoms with Crippen molar-refractivity contribution in [1.82, 2.24) is 15.5 Å². The number of hydrogen-bond acceptors (Lipinski definition) is 6. The summed E-state index contributed by atoms with van der Waals surface area (Å²) >= 11 is 1.29. The van der Waals surface area contributed by atoms with Gasteiger partial charge in [0.05, 0.1) is 5.25 Å². The highest BCUT2D eigenvalue weighted by atomic mass is 32.2. The van der Waals surface area contributed by atoms with E-state index in [1.54, 1.807) is 0 Å². The van der Waals surface area contributed by atoms with Crippen molar-refractivity contribution in [2.75, 3.05) is 0 Å². The van der Waals surface area contributed by atoms with Gasteiger partial charge in [-0.1, -0.05) is 30.3 Å². The zero-order chi connectivity index (χ0) is 21.3. The Balaban J connectivity index is 1.26. The lowest BCUT2D eigenvalue weighted by Crippen LogP contribution is -2.43. The number of carbonyl (C=O) groups is 1. The number of carbonyl (C=O) groups excluding carboxylic acids is 1. The van der Waals surface area contributed by atoms with Gasteiger partial charge in [0.25, 0.3) is 11.1 Å². The Bertz CT molecular complexity index is 900. The largest absolute Gasteiger partial charge is 0.484 e. The molecule has 162 valence electrons. The van der Waals surface area contributed by atoms with Crippen LogP contribution in [-0.4, -0.2) is 27.4 Å². The molecule has 1 aromatic heterocycles. The summed E-state index contributed by atoms with van der Waals surface area (Å²) in [6, 6.07) is 6.29. The van der Waals surface area contributed by atoms with Crippen LogP contribution in [0, 0.1) is 31.6 Å². The van der Waals surface area contributed by atoms with Crippen LogP contribution < -0.4 is 10.1 Å². The highest BCUT2D eigenvalue weighted by Crippen LogP contribution is 2.49. The minimum absolute atomic E-state index is 0.0293. The van der Waals surface area contributed by atoms with Crippen molar-refractivity contribution < 1.29 is 13.9 Å². The molecule has 2 aromatic rings. The lowest BCUT2D eigenvalue weighted by molar-refractivity contribution is -0.121. The first-order valence-corrected chi connectivity index (χ1v) is 11.8. The van der Waals surface area contributed by atoms with E-state index in [2.05, 4.69) is 22.4 Å². The van der Waals surface area contributed by atoms with Crippen molar-refractivity contribution in [3.8, 4) is 5.75 Å². The molecule has 0 spiro atoms. The highest BCUT2D eigenvalue weighted by molar-refractivity contribution is 8.00. The van der Waals surface area contributed by atoms with Gasteiger partial charge in [0.1, 0.15) is 5.75 Å². The van der Waals surface area contributed by atoms with Crippen molar-refractivity contribution >= 4 is 17.7 Å². The molecule has 5 unspecified atom stereocenters. The fourth-order valence-corrected chi connectivity index (χ4v) is 5.62. The van der Waals surface area contributed by atoms with E-state index in [0.29, 0.717) is 17.0 Å². The first kappa shape index (κ1) is 21.2. The molecular formula is C23H31N3O3S. The van der Waals surface area contributed by atoms with E-state index in [9.17, 15) is 4.79 Å². The van der Waals surface area contributed by atoms with E-state index in [1.165, 1.54) is 37.4 Å². The van der Waals surface area contributed by atoms with Crippen LogP contribution in [0.2, 0.25) is 0 Å². The maximum Gasteiger partial charge on any atom is 0.277 e. The number of amides is 1. The second kappa shape index (κ2) is 9.00. The van der Waals surface area contributed by atoms with Crippen molar-refractivity contribution in [2.45, 2.75) is 76.5 Å². The monoisotopic (exact) mass is 429 g/mol. The van der Waals surface area contributed by atoms with Crippen LogP contribution in [0.3, 0.4) is 0 Å². The SMILES string of the molecule is Cc1ccc(C)c(OCc2nnc(SC(C)C(=O)NC(C)C3CC4CCC3C4)o2)c1. The Morgan fingerprint density at radius 3 is 2.83 bits per heavy atom. The number of ether oxygens (including phenoxy) is 1. The molecule has 1 heterocycles. The Hall–Kier alpha value is -2.02. The number of hydrogen-bond donors (Lipinski definition) is 1. The van der Waals surface area contributed by atoms with Crippen LogP contribution in [0.1, 0.15) is 56.5 Å². The lowest BCUT2D eigenvalue weighted by Gasteiger charge is -2.29. The number of nitrogens with zero attached hydrogens (tertiary/aromatic N) is 2. The lowest BCUT2D eigenvalue weighted by atomic mass is 9.84. The molecule has 0 radical (unpaired) electrons. The van der Waals surface area contributed by atoms with Crippen LogP contribution in [0.5, 0.6) is 5.75 Å². The summed E-state index contributed by atoms with van der Waals surface area (Å²) in [5.41, 5.74) is 2.20. The van der Waals surface area contributed by atoms with E-state index in [-0.39, 0.29) is 23.8 Å². The Morgan fingerprint density at radius 1 is 1.27 bits per heavy atom. The molecule has 2 aliphatic rings. The molecule has 2 bridgehead atoms. The van der Waals surface area contributed by atoms with Gasteiger partial charge in [0, 0.05) is 6.04 Å². The maximum absolute atomic E-state index is 12.7. The topological polar surface area (TPSA) is 77.2 Å². The number of benzene rings is 1. The molecule has 2 saturated carbocycles. The molecule has 5 atom stereocenters. The average molecular weight is 430 g/mol. The molecule has 2 fully saturated rings. The van der Waals surface area contributed by atoms with Crippen molar-refractivity contribution in [1.29, 1.82) is 0 Å². The second-order valence-corrected chi connectivity index (χ2v) is 10.2. The number of nitrogens with one attached hydrogen (secondary N) is 1. The number of thioether (sulfide) groups is 1. The van der Waals surface area contributed by atoms with E-state index < -0.39 is 0 Å². The van der Waals surface area contributed by atoms with Gasteiger partial charge < -0.3 is 14.5 Å². The molecule has 30 heavy (non-hydrogen) atoms. The van der Waals surface area contributed by atoms with Crippen LogP contribution >= 0.6 is 11.8 Å². The standard InChI is InChI=1S/C23H31N3O3S/c1-13-5-6-14(2)20(9-13)28-12-21-25-26-23(29-21)30-16(4)22(27)24-15(3)19-11-17-7-8-18(19)10-17/h5-6,9,15-19H,7-8,10-12H2,1-4H3,(H,24,27). The minimum Gasteiger partial charge on any atom is -0.484 e. The summed E-state index contributed by atoms with van der Waals surface area (Å²) < 4.78 is 11.5. The summed E-state index contributed by atoms with van der Waals surface area (Å²) in [5, 5.41) is 11.4. The maximum atomic E-state index is 12.7. The third kappa shape index (κ3) is 4.82. The van der Waals surface area contributed by atoms with Gasteiger partial charge in [-0.3, -0.25) is 4.79 Å². The first-order chi connectivity index (χ1) is 14.4. The van der Waals surface area contributed by atoms with Crippen molar-refractivity contribution in [2.24, 2.45) is 17.8 Å². The van der Waals surface area contributed by atoms with Crippen molar-refractivity contribution in [3.05, 3.63) is 35.2 Å². The molecule has 1 aromatic carbocycles. The van der Waals surface area contributed by atoms with Gasteiger partial charge in [-0.25, -0.2) is 0 Å². The quantitative estimate of drug-likeness (QED) is 0.614. The van der Waals surface area contributed by atoms with Crippen molar-refractivity contribution in [3.63, 3.8) is 0 Å². The molecule has 1 amide bonds. The molecule has 0 aliphatic heterocycles. The van der Waals surface area contributed by atoms with Gasteiger partial charge >= 0.3 is 0 Å². The van der Waals surface area contributed by atoms with Gasteiger partial charge in [-0.15, -0.1) is 10.2 Å². The fourth-order valence-electron chi connectivity index (χ4n) is 4.91. The summed E-state index contributed by atoms with van der Waals surface area (Å²) in [7, 11) is 0. The normalized spacial score (nSPS) is 24.6. The van der Waals surface area contributed by atoms with E-state index >= 15 is 0 Å². The third-order valence-electron chi connectivity index (χ3n) is 6.59. The second-order valence-electron chi connectivity index (χ2n) is 8.92. The zero-order valence-corrected chi connectivity index (χ0v) is 19.0. The fraction of sp³-hybridized carbons (Fsp3) is 0.609. The summed E-state index contributed by atoms with van der Waals surface area (Å²) in [6.07, 6.45) is 5.32. The summed E-state index contributed by atoms with van der Waals surface area (Å²) in [5.74, 6) is 3.55. The average Bonchev–Trinajstić information content (AvgIpc) is 3.45. The van der Waals surface area contributed by atoms with Gasteiger partial charge in [-0.2, -0.15) is 0 Å². The summed E-state index contributed by atoms with van der Waals surface area (Å²) in [6.45, 7) is 8.26. The Labute approximate surface area is 182 Å². The predicted molar refractivity (Wildman–Crippen MR) is 116 cm³/mol. The zero-order valence-electron chi connectivity index (χ0n) is 18.2. The molecular weight excluding hydrogens is 398 g/mol. The number of fused-ring (bicyclic) bond motifs is 2. The van der Waals surface area contributed by atoms with Crippen LogP contribution in [0.25, 0.3) is 0 Å². The Kier molecular flexibility index (Phi) is 6.37. The number of aryl methyl sites for hydroxylation is 2. The predicted octanol–water partition coefficient (Wildman–Crippen LogP) is 4.69. The third-order valence-corrected chi connectivity index (χ3v) is 7.53. The van der Waals surface area contributed by atoms with Gasteiger partial charge in [0.2, 0.25) is 5.91 Å². The van der Waals surface area contributed by atoms with E-state index in [0.717, 1.165) is 28.7 Å². The number of aromatic nitrogens is 2. The molecule has 6 nitrogen and oxygen atoms in total. The highest BCUT2D eigenvalue weighted by Gasteiger charge is 2.42. The molecule has 2 aliphatic carbocycles. The van der Waals surface area contributed by atoms with Crippen LogP contribution in [0.15, 0.2) is 27.8 Å². The van der Waals surface area contributed by atoms with Gasteiger partial charge in [-0.05, 0) is 81.9 Å². The Morgan fingerprint density at radius 2 is 2.10 bits per heavy atom. The van der Waals surface area contributed by atoms with Crippen LogP contribution in [0.4, 0.5) is 0 Å². The molecule has 0 saturated heterocycles. The summed E-state index contributed by atoms with van der Waals surface area (Å²) in [4.78, 5) is 12.7. The smallest absolute Gasteiger partial charge is 0.277 e. The van der Waals surface area contributed by atoms with E-state index in [1.807, 2.05) is 39.0 Å². The van der Waals surface area contributed by atoms with Crippen LogP contribution in [-0.2, 0) is 11.4 Å². The number of rotatable bonds is 8. The first-order valence-electron chi connectivity index (χ1n) is 10.9. The van der Waals surface area contributed by atoms with E-state index in [4.69, 9.17) is 9.15 Å². The molecule has 4 rings (SSSR count). The minimum atomic E-state index is -0.292. The molecule has 1 N–H and O–H groups in total.